The average molecular weight is 158 g/mol. The minimum Gasteiger partial charge on any atom is -0.369 e. The molecule has 0 saturated carbocycles. The van der Waals surface area contributed by atoms with Crippen LogP contribution in [0.3, 0.4) is 0 Å². The first-order valence-corrected chi connectivity index (χ1v) is 3.53. The van der Waals surface area contributed by atoms with E-state index in [-0.39, 0.29) is 11.8 Å². The van der Waals surface area contributed by atoms with E-state index in [0.29, 0.717) is 6.42 Å². The summed E-state index contributed by atoms with van der Waals surface area (Å²) in [5.41, 5.74) is 9.99. The molecule has 2 atom stereocenters. The third-order valence-electron chi connectivity index (χ3n) is 1.68. The van der Waals surface area contributed by atoms with Crippen LogP contribution < -0.4 is 11.5 Å². The van der Waals surface area contributed by atoms with Crippen molar-refractivity contribution < 1.29 is 9.59 Å². The number of carbonyl (C=O) groups excluding carboxylic acids is 2. The van der Waals surface area contributed by atoms with E-state index in [1.807, 2.05) is 0 Å². The van der Waals surface area contributed by atoms with Crippen LogP contribution in [0.5, 0.6) is 0 Å². The lowest BCUT2D eigenvalue weighted by atomic mass is 9.96. The minimum atomic E-state index is -0.391. The second-order valence-corrected chi connectivity index (χ2v) is 2.84. The van der Waals surface area contributed by atoms with Crippen molar-refractivity contribution in [1.82, 2.24) is 0 Å². The van der Waals surface area contributed by atoms with Crippen LogP contribution in [0.4, 0.5) is 0 Å². The fourth-order valence-corrected chi connectivity index (χ4v) is 0.763. The summed E-state index contributed by atoms with van der Waals surface area (Å²) in [5.74, 6) is -1.34. The lowest BCUT2D eigenvalue weighted by Gasteiger charge is -2.10. The maximum absolute atomic E-state index is 10.5. The van der Waals surface area contributed by atoms with E-state index in [2.05, 4.69) is 0 Å². The third kappa shape index (κ3) is 3.60. The highest BCUT2D eigenvalue weighted by molar-refractivity contribution is 5.79. The average Bonchev–Trinajstić information content (AvgIpc) is 1.87. The van der Waals surface area contributed by atoms with Crippen LogP contribution in [0.25, 0.3) is 0 Å². The van der Waals surface area contributed by atoms with Gasteiger partial charge in [-0.05, 0) is 6.42 Å². The molecular weight excluding hydrogens is 144 g/mol. The minimum absolute atomic E-state index is 0.280. The van der Waals surface area contributed by atoms with Crippen LogP contribution in [0.2, 0.25) is 0 Å². The van der Waals surface area contributed by atoms with Crippen molar-refractivity contribution in [1.29, 1.82) is 0 Å². The van der Waals surface area contributed by atoms with E-state index in [9.17, 15) is 9.59 Å². The molecule has 64 valence electrons. The monoisotopic (exact) mass is 158 g/mol. The van der Waals surface area contributed by atoms with Crippen LogP contribution in [0.1, 0.15) is 20.3 Å². The standard InChI is InChI=1S/C7H14N2O2/c1-4(6(8)10)3-5(2)7(9)11/h4-5H,3H2,1-2H3,(H2,8,10)(H2,9,11). The Morgan fingerprint density at radius 3 is 1.55 bits per heavy atom. The van der Waals surface area contributed by atoms with Crippen molar-refractivity contribution in [2.45, 2.75) is 20.3 Å². The molecule has 0 bridgehead atoms. The van der Waals surface area contributed by atoms with Gasteiger partial charge in [-0.2, -0.15) is 0 Å². The van der Waals surface area contributed by atoms with Gasteiger partial charge in [-0.15, -0.1) is 0 Å². The zero-order valence-electron chi connectivity index (χ0n) is 6.83. The number of nitrogens with two attached hydrogens (primary N) is 2. The molecule has 0 radical (unpaired) electrons. The Hall–Kier alpha value is -1.06. The number of primary amides is 2. The molecule has 0 aliphatic heterocycles. The molecule has 2 amide bonds. The van der Waals surface area contributed by atoms with Gasteiger partial charge in [-0.25, -0.2) is 0 Å². The molecule has 0 aromatic rings. The van der Waals surface area contributed by atoms with Gasteiger partial charge < -0.3 is 11.5 Å². The molecule has 0 aliphatic rings. The zero-order chi connectivity index (χ0) is 9.02. The summed E-state index contributed by atoms with van der Waals surface area (Å²) in [4.78, 5) is 21.1. The van der Waals surface area contributed by atoms with Crippen LogP contribution in [-0.2, 0) is 9.59 Å². The van der Waals surface area contributed by atoms with Gasteiger partial charge >= 0.3 is 0 Å². The molecule has 0 aromatic carbocycles. The maximum atomic E-state index is 10.5. The summed E-state index contributed by atoms with van der Waals surface area (Å²) in [7, 11) is 0. The lowest BCUT2D eigenvalue weighted by molar-refractivity contribution is -0.124. The Morgan fingerprint density at radius 2 is 1.36 bits per heavy atom. The Labute approximate surface area is 65.9 Å². The van der Waals surface area contributed by atoms with Gasteiger partial charge in [-0.3, -0.25) is 9.59 Å². The highest BCUT2D eigenvalue weighted by Crippen LogP contribution is 2.09. The fourth-order valence-electron chi connectivity index (χ4n) is 0.763. The largest absolute Gasteiger partial charge is 0.369 e. The number of carbonyl (C=O) groups is 2. The Kier molecular flexibility index (Phi) is 3.57. The first-order valence-electron chi connectivity index (χ1n) is 3.53. The summed E-state index contributed by atoms with van der Waals surface area (Å²) in [6, 6.07) is 0. The number of amides is 2. The van der Waals surface area contributed by atoms with Gasteiger partial charge in [0.1, 0.15) is 0 Å². The third-order valence-corrected chi connectivity index (χ3v) is 1.68. The number of rotatable bonds is 4. The molecule has 0 aromatic heterocycles. The van der Waals surface area contributed by atoms with E-state index >= 15 is 0 Å². The van der Waals surface area contributed by atoms with Gasteiger partial charge in [-0.1, -0.05) is 13.8 Å². The fraction of sp³-hybridized carbons (Fsp3) is 0.714. The molecule has 0 heterocycles. The van der Waals surface area contributed by atoms with Crippen LogP contribution in [0.15, 0.2) is 0 Å². The topological polar surface area (TPSA) is 86.2 Å². The summed E-state index contributed by atoms with van der Waals surface area (Å²) >= 11 is 0. The van der Waals surface area contributed by atoms with Gasteiger partial charge in [0.25, 0.3) is 0 Å². The summed E-state index contributed by atoms with van der Waals surface area (Å²) < 4.78 is 0. The first-order chi connectivity index (χ1) is 4.95. The second kappa shape index (κ2) is 3.95. The van der Waals surface area contributed by atoms with Crippen molar-refractivity contribution >= 4 is 11.8 Å². The highest BCUT2D eigenvalue weighted by Gasteiger charge is 2.16. The Balaban J connectivity index is 3.84. The van der Waals surface area contributed by atoms with Crippen molar-refractivity contribution in [3.63, 3.8) is 0 Å². The van der Waals surface area contributed by atoms with Crippen LogP contribution in [-0.4, -0.2) is 11.8 Å². The molecule has 0 aliphatic carbocycles. The predicted molar refractivity (Wildman–Crippen MR) is 41.3 cm³/mol. The first kappa shape index (κ1) is 9.94. The molecule has 4 heteroatoms. The second-order valence-electron chi connectivity index (χ2n) is 2.84. The smallest absolute Gasteiger partial charge is 0.220 e. The molecule has 4 N–H and O–H groups in total. The van der Waals surface area contributed by atoms with E-state index < -0.39 is 11.8 Å². The molecular formula is C7H14N2O2. The highest BCUT2D eigenvalue weighted by atomic mass is 16.1. The van der Waals surface area contributed by atoms with E-state index in [4.69, 9.17) is 11.5 Å². The van der Waals surface area contributed by atoms with Crippen LogP contribution in [0, 0.1) is 11.8 Å². The van der Waals surface area contributed by atoms with Gasteiger partial charge in [0, 0.05) is 11.8 Å². The van der Waals surface area contributed by atoms with Gasteiger partial charge in [0.2, 0.25) is 11.8 Å². The molecule has 0 fully saturated rings. The summed E-state index contributed by atoms with van der Waals surface area (Å²) in [5, 5.41) is 0. The van der Waals surface area contributed by atoms with Crippen LogP contribution >= 0.6 is 0 Å². The predicted octanol–water partition coefficient (Wildman–Crippen LogP) is -0.381. The summed E-state index contributed by atoms with van der Waals surface area (Å²) in [6.07, 6.45) is 0.435. The SMILES string of the molecule is CC(CC(C)C(N)=O)C(N)=O. The lowest BCUT2D eigenvalue weighted by Crippen LogP contribution is -2.27. The molecule has 0 spiro atoms. The van der Waals surface area contributed by atoms with Gasteiger partial charge in [0.15, 0.2) is 0 Å². The van der Waals surface area contributed by atoms with E-state index in [1.165, 1.54) is 0 Å². The molecule has 0 rings (SSSR count). The van der Waals surface area contributed by atoms with Crippen molar-refractivity contribution in [3.8, 4) is 0 Å². The number of hydrogen-bond donors (Lipinski definition) is 2. The quantitative estimate of drug-likeness (QED) is 0.584. The normalized spacial score (nSPS) is 15.5. The van der Waals surface area contributed by atoms with Gasteiger partial charge in [0.05, 0.1) is 0 Å². The molecule has 2 unspecified atom stereocenters. The molecule has 11 heavy (non-hydrogen) atoms. The zero-order valence-corrected chi connectivity index (χ0v) is 6.83. The number of hydrogen-bond acceptors (Lipinski definition) is 2. The Bertz CT molecular complexity index is 150. The molecule has 0 saturated heterocycles. The Morgan fingerprint density at radius 1 is 1.09 bits per heavy atom. The maximum Gasteiger partial charge on any atom is 0.220 e. The summed E-state index contributed by atoms with van der Waals surface area (Å²) in [6.45, 7) is 3.36. The molecule has 4 nitrogen and oxygen atoms in total. The van der Waals surface area contributed by atoms with E-state index in [0.717, 1.165) is 0 Å². The van der Waals surface area contributed by atoms with Crippen molar-refractivity contribution in [2.75, 3.05) is 0 Å². The van der Waals surface area contributed by atoms with Crippen molar-refractivity contribution in [2.24, 2.45) is 23.3 Å². The van der Waals surface area contributed by atoms with E-state index in [1.54, 1.807) is 13.8 Å². The van der Waals surface area contributed by atoms with Crippen molar-refractivity contribution in [3.05, 3.63) is 0 Å².